The number of aliphatic carboxylic acids is 1. The zero-order chi connectivity index (χ0) is 41.7. The van der Waals surface area contributed by atoms with Crippen LogP contribution in [0.3, 0.4) is 0 Å². The van der Waals surface area contributed by atoms with E-state index in [9.17, 15) is 9.59 Å². The summed E-state index contributed by atoms with van der Waals surface area (Å²) in [6, 6.07) is 16.5. The minimum atomic E-state index is -0.878. The fourth-order valence-electron chi connectivity index (χ4n) is 5.56. The molecule has 0 heterocycles. The average molecular weight is 840 g/mol. The van der Waals surface area contributed by atoms with E-state index in [1.54, 1.807) is 0 Å². The summed E-state index contributed by atoms with van der Waals surface area (Å²) in [6.07, 6.45) is -0.466. The molecule has 3 rings (SSSR count). The van der Waals surface area contributed by atoms with E-state index in [2.05, 4.69) is 29.6 Å². The Balaban J connectivity index is 0.924. The van der Waals surface area contributed by atoms with Gasteiger partial charge in [-0.25, -0.2) is 4.79 Å². The van der Waals surface area contributed by atoms with E-state index < -0.39 is 12.1 Å². The summed E-state index contributed by atoms with van der Waals surface area (Å²) in [4.78, 5) is 22.6. The van der Waals surface area contributed by atoms with Gasteiger partial charge in [0.1, 0.15) is 6.61 Å². The number of carbonyl (C=O) groups excluding carboxylic acids is 1. The van der Waals surface area contributed by atoms with E-state index in [4.69, 9.17) is 66.7 Å². The highest BCUT2D eigenvalue weighted by atomic mass is 16.6. The summed E-state index contributed by atoms with van der Waals surface area (Å²) in [6.45, 7) is 11.2. The standard InChI is InChI=1S/C42H65NO16/c44-41(45)9-11-47-13-15-49-17-19-51-21-23-53-25-27-55-29-31-57-33-34-58-32-30-56-28-26-54-24-22-52-20-18-50-16-14-48-12-10-43-42(46)59-35-40-38-7-3-1-5-36(38)37-6-2-4-8-39(37)40/h1-8,40H,9-35H2,(H,43,46)(H,44,45). The van der Waals surface area contributed by atoms with Gasteiger partial charge in [0.2, 0.25) is 0 Å². The lowest BCUT2D eigenvalue weighted by Crippen LogP contribution is -2.29. The van der Waals surface area contributed by atoms with Gasteiger partial charge in [-0.1, -0.05) is 48.5 Å². The van der Waals surface area contributed by atoms with Crippen molar-refractivity contribution in [1.82, 2.24) is 5.32 Å². The molecular weight excluding hydrogens is 774 g/mol. The van der Waals surface area contributed by atoms with Crippen LogP contribution in [-0.2, 0) is 66.4 Å². The Labute approximate surface area is 348 Å². The van der Waals surface area contributed by atoms with E-state index in [1.165, 1.54) is 22.3 Å². The second-order valence-corrected chi connectivity index (χ2v) is 12.7. The minimum absolute atomic E-state index is 0.00791. The zero-order valence-corrected chi connectivity index (χ0v) is 34.4. The summed E-state index contributed by atoms with van der Waals surface area (Å²) < 4.78 is 70.8. The van der Waals surface area contributed by atoms with Crippen LogP contribution in [-0.4, -0.2) is 189 Å². The molecule has 0 atom stereocenters. The normalized spacial score (nSPS) is 12.1. The highest BCUT2D eigenvalue weighted by molar-refractivity contribution is 5.79. The predicted octanol–water partition coefficient (Wildman–Crippen LogP) is 3.20. The summed E-state index contributed by atoms with van der Waals surface area (Å²) in [5.41, 5.74) is 4.75. The Bertz CT molecular complexity index is 1290. The molecule has 2 aromatic carbocycles. The van der Waals surface area contributed by atoms with Crippen molar-refractivity contribution in [2.24, 2.45) is 0 Å². The van der Waals surface area contributed by atoms with Crippen LogP contribution < -0.4 is 5.32 Å². The van der Waals surface area contributed by atoms with Crippen molar-refractivity contribution in [1.29, 1.82) is 0 Å². The Morgan fingerprint density at radius 1 is 0.424 bits per heavy atom. The van der Waals surface area contributed by atoms with Gasteiger partial charge in [-0.15, -0.1) is 0 Å². The number of hydrogen-bond donors (Lipinski definition) is 2. The molecule has 0 aliphatic heterocycles. The van der Waals surface area contributed by atoms with Gasteiger partial charge < -0.3 is 72.0 Å². The van der Waals surface area contributed by atoms with Gasteiger partial charge in [0.15, 0.2) is 0 Å². The lowest BCUT2D eigenvalue weighted by molar-refractivity contribution is -0.138. The van der Waals surface area contributed by atoms with Crippen molar-refractivity contribution in [3.63, 3.8) is 0 Å². The van der Waals surface area contributed by atoms with Crippen LogP contribution >= 0.6 is 0 Å². The Morgan fingerprint density at radius 2 is 0.712 bits per heavy atom. The van der Waals surface area contributed by atoms with E-state index in [0.717, 1.165) is 0 Å². The molecule has 0 aromatic heterocycles. The van der Waals surface area contributed by atoms with E-state index in [0.29, 0.717) is 159 Å². The maximum absolute atomic E-state index is 12.3. The zero-order valence-electron chi connectivity index (χ0n) is 34.4. The van der Waals surface area contributed by atoms with Crippen LogP contribution in [0.4, 0.5) is 4.79 Å². The molecule has 0 radical (unpaired) electrons. The van der Waals surface area contributed by atoms with Crippen LogP contribution in [0.1, 0.15) is 23.5 Å². The first-order valence-corrected chi connectivity index (χ1v) is 20.4. The Morgan fingerprint density at radius 3 is 1.03 bits per heavy atom. The SMILES string of the molecule is O=C(O)CCOCCOCCOCCOCCOCCOCCOCCOCCOCCOCCOCCOCCNC(=O)OCC1c2ccccc2-c2ccccc21. The number of ether oxygens (including phenoxy) is 13. The molecule has 0 fully saturated rings. The number of nitrogens with one attached hydrogen (secondary N) is 1. The van der Waals surface area contributed by atoms with Crippen molar-refractivity contribution in [2.75, 3.05) is 172 Å². The van der Waals surface area contributed by atoms with Gasteiger partial charge in [0.05, 0.1) is 165 Å². The van der Waals surface area contributed by atoms with Crippen LogP contribution in [0.5, 0.6) is 0 Å². The number of alkyl carbamates (subject to hydrolysis) is 1. The first kappa shape index (κ1) is 50.1. The van der Waals surface area contributed by atoms with Crippen molar-refractivity contribution < 1.29 is 76.3 Å². The molecular formula is C42H65NO16. The molecule has 17 heteroatoms. The van der Waals surface area contributed by atoms with Crippen LogP contribution in [0.15, 0.2) is 48.5 Å². The number of fused-ring (bicyclic) bond motifs is 3. The fraction of sp³-hybridized carbons (Fsp3) is 0.667. The lowest BCUT2D eigenvalue weighted by Gasteiger charge is -2.14. The number of hydrogen-bond acceptors (Lipinski definition) is 15. The molecule has 0 bridgehead atoms. The molecule has 334 valence electrons. The molecule has 0 spiro atoms. The first-order valence-electron chi connectivity index (χ1n) is 20.4. The van der Waals surface area contributed by atoms with Crippen molar-refractivity contribution in [2.45, 2.75) is 12.3 Å². The third-order valence-electron chi connectivity index (χ3n) is 8.41. The smallest absolute Gasteiger partial charge is 0.407 e. The first-order chi connectivity index (χ1) is 29.2. The van der Waals surface area contributed by atoms with Gasteiger partial charge in [0.25, 0.3) is 0 Å². The van der Waals surface area contributed by atoms with E-state index in [1.807, 2.05) is 24.3 Å². The summed E-state index contributed by atoms with van der Waals surface area (Å²) in [5, 5.41) is 11.2. The molecule has 59 heavy (non-hydrogen) atoms. The summed E-state index contributed by atoms with van der Waals surface area (Å²) >= 11 is 0. The van der Waals surface area contributed by atoms with Crippen LogP contribution in [0.25, 0.3) is 11.1 Å². The molecule has 2 aromatic rings. The summed E-state index contributed by atoms with van der Waals surface area (Å²) in [7, 11) is 0. The maximum Gasteiger partial charge on any atom is 0.407 e. The Kier molecular flexibility index (Phi) is 30.1. The third-order valence-corrected chi connectivity index (χ3v) is 8.41. The largest absolute Gasteiger partial charge is 0.481 e. The number of benzene rings is 2. The van der Waals surface area contributed by atoms with Crippen molar-refractivity contribution >= 4 is 12.1 Å². The van der Waals surface area contributed by atoms with Crippen molar-refractivity contribution in [3.8, 4) is 11.1 Å². The highest BCUT2D eigenvalue weighted by Gasteiger charge is 2.29. The van der Waals surface area contributed by atoms with Gasteiger partial charge in [-0.05, 0) is 22.3 Å². The lowest BCUT2D eigenvalue weighted by atomic mass is 9.98. The summed E-state index contributed by atoms with van der Waals surface area (Å²) in [5.74, 6) is -0.847. The monoisotopic (exact) mass is 839 g/mol. The molecule has 0 saturated heterocycles. The molecule has 1 amide bonds. The van der Waals surface area contributed by atoms with Gasteiger partial charge in [0, 0.05) is 12.5 Å². The molecule has 0 saturated carbocycles. The third kappa shape index (κ3) is 25.2. The Hall–Kier alpha value is -3.30. The number of carbonyl (C=O) groups is 2. The number of carboxylic acids is 1. The molecule has 1 aliphatic carbocycles. The van der Waals surface area contributed by atoms with Gasteiger partial charge in [-0.2, -0.15) is 0 Å². The number of rotatable bonds is 41. The average Bonchev–Trinajstić information content (AvgIpc) is 3.57. The van der Waals surface area contributed by atoms with E-state index >= 15 is 0 Å². The molecule has 17 nitrogen and oxygen atoms in total. The quantitative estimate of drug-likeness (QED) is 0.0930. The number of carboxylic acid groups (broad SMARTS) is 1. The number of amides is 1. The van der Waals surface area contributed by atoms with Crippen LogP contribution in [0.2, 0.25) is 0 Å². The predicted molar refractivity (Wildman–Crippen MR) is 215 cm³/mol. The second-order valence-electron chi connectivity index (χ2n) is 12.7. The second kappa shape index (κ2) is 35.5. The minimum Gasteiger partial charge on any atom is -0.481 e. The van der Waals surface area contributed by atoms with Crippen molar-refractivity contribution in [3.05, 3.63) is 59.7 Å². The highest BCUT2D eigenvalue weighted by Crippen LogP contribution is 2.44. The molecule has 1 aliphatic rings. The molecule has 0 unspecified atom stereocenters. The maximum atomic E-state index is 12.3. The van der Waals surface area contributed by atoms with E-state index in [-0.39, 0.29) is 25.6 Å². The van der Waals surface area contributed by atoms with Gasteiger partial charge in [-0.3, -0.25) is 4.79 Å². The topological polar surface area (TPSA) is 186 Å². The van der Waals surface area contributed by atoms with Gasteiger partial charge >= 0.3 is 12.1 Å². The fourth-order valence-corrected chi connectivity index (χ4v) is 5.56. The molecule has 2 N–H and O–H groups in total. The van der Waals surface area contributed by atoms with Crippen LogP contribution in [0, 0.1) is 0 Å².